The molecule has 5 N–H and O–H groups in total. The van der Waals surface area contributed by atoms with Crippen molar-refractivity contribution in [3.05, 3.63) is 111 Å². The maximum absolute atomic E-state index is 11.3. The second-order valence-electron chi connectivity index (χ2n) is 13.1. The molecule has 0 radical (unpaired) electrons. The molecule has 48 heavy (non-hydrogen) atoms. The highest BCUT2D eigenvalue weighted by Gasteiger charge is 2.27. The van der Waals surface area contributed by atoms with Gasteiger partial charge in [-0.25, -0.2) is 4.99 Å². The van der Waals surface area contributed by atoms with Crippen molar-refractivity contribution >= 4 is 17.1 Å². The maximum atomic E-state index is 11.3. The van der Waals surface area contributed by atoms with Crippen LogP contribution in [0.2, 0.25) is 0 Å². The van der Waals surface area contributed by atoms with Gasteiger partial charge in [-0.1, -0.05) is 63.8 Å². The van der Waals surface area contributed by atoms with Crippen LogP contribution in [0.15, 0.2) is 82.5 Å². The number of phenols is 4. The molecule has 1 atom stereocenters. The number of hydrogen-bond donors (Lipinski definition) is 5. The summed E-state index contributed by atoms with van der Waals surface area (Å²) in [6.07, 6.45) is 9.21. The third kappa shape index (κ3) is 6.86. The third-order valence-electron chi connectivity index (χ3n) is 9.75. The van der Waals surface area contributed by atoms with Gasteiger partial charge >= 0.3 is 0 Å². The lowest BCUT2D eigenvalue weighted by molar-refractivity contribution is 0.414. The van der Waals surface area contributed by atoms with Crippen molar-refractivity contribution in [3.63, 3.8) is 0 Å². The van der Waals surface area contributed by atoms with E-state index in [0.717, 1.165) is 53.0 Å². The SMILES string of the molecule is C=C1C=C(CC(CC)CCCC)Cc2ccc(OC)cc2/C1=C1\CC(C)=C(c2ccc(O)c(C)c2O)N=C(c2ccc(O)c(C)c2O)N1. The van der Waals surface area contributed by atoms with E-state index < -0.39 is 0 Å². The lowest BCUT2D eigenvalue weighted by Crippen LogP contribution is -2.25. The van der Waals surface area contributed by atoms with Crippen LogP contribution in [-0.4, -0.2) is 33.4 Å². The Morgan fingerprint density at radius 3 is 2.19 bits per heavy atom. The van der Waals surface area contributed by atoms with Crippen molar-refractivity contribution in [2.75, 3.05) is 7.11 Å². The highest BCUT2D eigenvalue weighted by molar-refractivity contribution is 6.07. The molecule has 252 valence electrons. The number of nitrogens with zero attached hydrogens (tertiary/aromatic N) is 1. The Bertz CT molecular complexity index is 1880. The molecule has 0 spiro atoms. The van der Waals surface area contributed by atoms with E-state index in [0.29, 0.717) is 46.1 Å². The smallest absolute Gasteiger partial charge is 0.141 e. The number of amidine groups is 1. The fourth-order valence-corrected chi connectivity index (χ4v) is 6.76. The number of methoxy groups -OCH3 is 1. The van der Waals surface area contributed by atoms with E-state index >= 15 is 0 Å². The van der Waals surface area contributed by atoms with E-state index in [2.05, 4.69) is 44.0 Å². The minimum Gasteiger partial charge on any atom is -0.508 e. The number of nitrogens with one attached hydrogen (secondary N) is 1. The fraction of sp³-hybridized carbons (Fsp3) is 0.341. The van der Waals surface area contributed by atoms with Gasteiger partial charge in [0.15, 0.2) is 0 Å². The average molecular weight is 649 g/mol. The van der Waals surface area contributed by atoms with Crippen molar-refractivity contribution in [2.45, 2.75) is 79.6 Å². The quantitative estimate of drug-likeness (QED) is 0.158. The molecular formula is C41H48N2O5. The Morgan fingerprint density at radius 2 is 1.54 bits per heavy atom. The van der Waals surface area contributed by atoms with Crippen LogP contribution in [0.25, 0.3) is 11.3 Å². The summed E-state index contributed by atoms with van der Waals surface area (Å²) in [6, 6.07) is 12.6. The second-order valence-corrected chi connectivity index (χ2v) is 13.1. The Morgan fingerprint density at radius 1 is 0.875 bits per heavy atom. The van der Waals surface area contributed by atoms with Crippen LogP contribution < -0.4 is 10.1 Å². The molecule has 1 unspecified atom stereocenters. The predicted molar refractivity (Wildman–Crippen MR) is 195 cm³/mol. The molecule has 0 saturated heterocycles. The zero-order valence-corrected chi connectivity index (χ0v) is 29.0. The van der Waals surface area contributed by atoms with E-state index in [1.165, 1.54) is 36.5 Å². The zero-order chi connectivity index (χ0) is 34.7. The number of unbranched alkanes of at least 4 members (excludes halogenated alkanes) is 1. The third-order valence-corrected chi connectivity index (χ3v) is 9.75. The van der Waals surface area contributed by atoms with Crippen molar-refractivity contribution in [3.8, 4) is 28.7 Å². The standard InChI is InChI=1S/C41H48N2O5/c1-8-10-11-27(9-2)20-28-18-23(3)37(33-22-30(48-7)13-12-29(33)21-28)34-19-24(4)38(31-14-16-35(44)25(5)39(31)46)43-41(42-34)32-15-17-36(45)26(6)40(32)47/h12-18,22,27,44-47H,3,8-11,19-21H2,1-2,4-7H3,(H,42,43)/b37-34+. The summed E-state index contributed by atoms with van der Waals surface area (Å²) in [5.41, 5.74) is 9.08. The van der Waals surface area contributed by atoms with Crippen molar-refractivity contribution in [2.24, 2.45) is 10.9 Å². The molecule has 0 amide bonds. The molecule has 0 fully saturated rings. The summed E-state index contributed by atoms with van der Waals surface area (Å²) in [5, 5.41) is 46.7. The van der Waals surface area contributed by atoms with Crippen LogP contribution in [-0.2, 0) is 6.42 Å². The van der Waals surface area contributed by atoms with Crippen LogP contribution in [0, 0.1) is 19.8 Å². The molecule has 0 saturated carbocycles. The van der Waals surface area contributed by atoms with Crippen LogP contribution in [0.4, 0.5) is 0 Å². The van der Waals surface area contributed by atoms with Gasteiger partial charge < -0.3 is 30.5 Å². The average Bonchev–Trinajstić information content (AvgIpc) is 3.32. The number of rotatable bonds is 9. The van der Waals surface area contributed by atoms with Gasteiger partial charge in [-0.15, -0.1) is 0 Å². The van der Waals surface area contributed by atoms with Crippen molar-refractivity contribution in [1.29, 1.82) is 0 Å². The van der Waals surface area contributed by atoms with Gasteiger partial charge in [-0.05, 0) is 98.2 Å². The minimum absolute atomic E-state index is 0.0111. The first-order chi connectivity index (χ1) is 23.0. The van der Waals surface area contributed by atoms with Gasteiger partial charge in [0.1, 0.15) is 34.6 Å². The lowest BCUT2D eigenvalue weighted by atomic mass is 9.89. The van der Waals surface area contributed by atoms with Crippen LogP contribution >= 0.6 is 0 Å². The lowest BCUT2D eigenvalue weighted by Gasteiger charge is -2.20. The number of benzene rings is 3. The number of phenolic OH excluding ortho intramolecular Hbond substituents is 4. The summed E-state index contributed by atoms with van der Waals surface area (Å²) in [6.45, 7) is 14.4. The number of allylic oxidation sites excluding steroid dienone is 5. The van der Waals surface area contributed by atoms with Gasteiger partial charge in [0, 0.05) is 34.4 Å². The minimum atomic E-state index is -0.0998. The summed E-state index contributed by atoms with van der Waals surface area (Å²) in [7, 11) is 1.67. The van der Waals surface area contributed by atoms with Gasteiger partial charge in [0.2, 0.25) is 0 Å². The number of aliphatic imine (C=N–C) groups is 1. The molecule has 2 aliphatic rings. The first-order valence-corrected chi connectivity index (χ1v) is 16.9. The topological polar surface area (TPSA) is 115 Å². The van der Waals surface area contributed by atoms with Gasteiger partial charge in [-0.3, -0.25) is 0 Å². The Balaban J connectivity index is 1.76. The zero-order valence-electron chi connectivity index (χ0n) is 29.0. The van der Waals surface area contributed by atoms with Crippen molar-refractivity contribution < 1.29 is 25.2 Å². The molecule has 7 heteroatoms. The van der Waals surface area contributed by atoms with Gasteiger partial charge in [0.05, 0.1) is 18.4 Å². The molecule has 1 heterocycles. The Hall–Kier alpha value is -4.91. The predicted octanol–water partition coefficient (Wildman–Crippen LogP) is 9.36. The first-order valence-electron chi connectivity index (χ1n) is 16.9. The van der Waals surface area contributed by atoms with Crippen LogP contribution in [0.3, 0.4) is 0 Å². The van der Waals surface area contributed by atoms with E-state index in [1.54, 1.807) is 39.2 Å². The number of hydrogen-bond acceptors (Lipinski definition) is 7. The number of aromatic hydroxyl groups is 4. The molecule has 7 nitrogen and oxygen atoms in total. The molecule has 5 rings (SSSR count). The molecule has 1 aliphatic heterocycles. The van der Waals surface area contributed by atoms with Gasteiger partial charge in [0.25, 0.3) is 0 Å². The normalized spacial score (nSPS) is 17.2. The summed E-state index contributed by atoms with van der Waals surface area (Å²) in [4.78, 5) is 5.04. The monoisotopic (exact) mass is 648 g/mol. The Labute approximate surface area is 284 Å². The largest absolute Gasteiger partial charge is 0.508 e. The number of ether oxygens (including phenoxy) is 1. The maximum Gasteiger partial charge on any atom is 0.141 e. The summed E-state index contributed by atoms with van der Waals surface area (Å²) < 4.78 is 5.70. The highest BCUT2D eigenvalue weighted by atomic mass is 16.5. The summed E-state index contributed by atoms with van der Waals surface area (Å²) in [5.74, 6) is 1.49. The van der Waals surface area contributed by atoms with E-state index in [9.17, 15) is 20.4 Å². The van der Waals surface area contributed by atoms with E-state index in [1.807, 2.05) is 13.0 Å². The fourth-order valence-electron chi connectivity index (χ4n) is 6.76. The van der Waals surface area contributed by atoms with E-state index in [-0.39, 0.29) is 23.0 Å². The molecular weight excluding hydrogens is 600 g/mol. The van der Waals surface area contributed by atoms with E-state index in [4.69, 9.17) is 9.73 Å². The number of fused-ring (bicyclic) bond motifs is 1. The van der Waals surface area contributed by atoms with Gasteiger partial charge in [-0.2, -0.15) is 0 Å². The van der Waals surface area contributed by atoms with Crippen LogP contribution in [0.5, 0.6) is 28.7 Å². The second kappa shape index (κ2) is 14.5. The molecule has 3 aromatic carbocycles. The molecule has 0 bridgehead atoms. The Kier molecular flexibility index (Phi) is 10.4. The molecule has 1 aliphatic carbocycles. The highest BCUT2D eigenvalue weighted by Crippen LogP contribution is 2.43. The molecule has 0 aromatic heterocycles. The van der Waals surface area contributed by atoms with Crippen molar-refractivity contribution in [1.82, 2.24) is 5.32 Å². The first kappa shape index (κ1) is 34.4. The summed E-state index contributed by atoms with van der Waals surface area (Å²) >= 11 is 0. The van der Waals surface area contributed by atoms with Crippen LogP contribution in [0.1, 0.15) is 92.7 Å². The molecule has 3 aromatic rings.